The van der Waals surface area contributed by atoms with E-state index in [-0.39, 0.29) is 5.82 Å². The fraction of sp³-hybridized carbons (Fsp3) is 0.611. The summed E-state index contributed by atoms with van der Waals surface area (Å²) in [7, 11) is 1.03. The van der Waals surface area contributed by atoms with E-state index in [1.54, 1.807) is 19.2 Å². The molecule has 4 nitrogen and oxygen atoms in total. The van der Waals surface area contributed by atoms with Crippen molar-refractivity contribution in [2.75, 3.05) is 25.1 Å². The van der Waals surface area contributed by atoms with Crippen molar-refractivity contribution in [3.63, 3.8) is 0 Å². The van der Waals surface area contributed by atoms with Gasteiger partial charge in [-0.3, -0.25) is 9.20 Å². The highest BCUT2D eigenvalue weighted by Gasteiger charge is 2.25. The summed E-state index contributed by atoms with van der Waals surface area (Å²) in [6.07, 6.45) is 4.19. The van der Waals surface area contributed by atoms with Crippen molar-refractivity contribution in [3.8, 4) is 0 Å². The van der Waals surface area contributed by atoms with E-state index >= 15 is 0 Å². The van der Waals surface area contributed by atoms with Crippen LogP contribution >= 0.6 is 11.8 Å². The summed E-state index contributed by atoms with van der Waals surface area (Å²) in [5.74, 6) is 2.08. The van der Waals surface area contributed by atoms with Crippen molar-refractivity contribution in [1.29, 1.82) is 0 Å². The molecule has 1 aliphatic carbocycles. The Morgan fingerprint density at radius 2 is 2.20 bits per heavy atom. The van der Waals surface area contributed by atoms with E-state index in [2.05, 4.69) is 15.6 Å². The molecule has 0 heterocycles. The number of halogens is 1. The Kier molecular flexibility index (Phi) is 8.75. The first-order valence-corrected chi connectivity index (χ1v) is 11.2. The van der Waals surface area contributed by atoms with Gasteiger partial charge in [-0.15, -0.1) is 11.8 Å². The van der Waals surface area contributed by atoms with Crippen molar-refractivity contribution >= 4 is 28.5 Å². The molecular formula is C18H28FN3OS2. The van der Waals surface area contributed by atoms with Crippen molar-refractivity contribution in [1.82, 2.24) is 10.6 Å². The summed E-state index contributed by atoms with van der Waals surface area (Å²) in [4.78, 5) is 4.94. The first kappa shape index (κ1) is 20.2. The average molecular weight is 386 g/mol. The summed E-state index contributed by atoms with van der Waals surface area (Å²) in [5.41, 5.74) is 0. The lowest BCUT2D eigenvalue weighted by Crippen LogP contribution is -2.47. The second-order valence-corrected chi connectivity index (χ2v) is 9.22. The van der Waals surface area contributed by atoms with Crippen LogP contribution in [-0.4, -0.2) is 46.6 Å². The lowest BCUT2D eigenvalue weighted by molar-refractivity contribution is 0.414. The SMILES string of the molecule is CCS(=O)C1CCCC(NC(=NC)NCCSc2ccccc2F)C1. The first-order chi connectivity index (χ1) is 12.1. The number of thioether (sulfide) groups is 1. The minimum Gasteiger partial charge on any atom is -0.356 e. The molecule has 7 heteroatoms. The van der Waals surface area contributed by atoms with Gasteiger partial charge in [0.25, 0.3) is 0 Å². The molecule has 0 aromatic heterocycles. The number of hydrogen-bond acceptors (Lipinski definition) is 3. The van der Waals surface area contributed by atoms with Crippen LogP contribution < -0.4 is 10.6 Å². The van der Waals surface area contributed by atoms with Gasteiger partial charge in [0.15, 0.2) is 5.96 Å². The van der Waals surface area contributed by atoms with Crippen LogP contribution in [0.1, 0.15) is 32.6 Å². The van der Waals surface area contributed by atoms with Crippen LogP contribution in [0.5, 0.6) is 0 Å². The van der Waals surface area contributed by atoms with Gasteiger partial charge < -0.3 is 10.6 Å². The number of nitrogens with one attached hydrogen (secondary N) is 2. The zero-order valence-electron chi connectivity index (χ0n) is 15.0. The van der Waals surface area contributed by atoms with Crippen molar-refractivity contribution in [2.24, 2.45) is 4.99 Å². The number of guanidine groups is 1. The smallest absolute Gasteiger partial charge is 0.191 e. The van der Waals surface area contributed by atoms with Crippen LogP contribution in [-0.2, 0) is 10.8 Å². The van der Waals surface area contributed by atoms with Gasteiger partial charge in [0.1, 0.15) is 5.82 Å². The van der Waals surface area contributed by atoms with Crippen LogP contribution in [0.3, 0.4) is 0 Å². The fourth-order valence-electron chi connectivity index (χ4n) is 3.03. The van der Waals surface area contributed by atoms with Gasteiger partial charge in [-0.25, -0.2) is 4.39 Å². The highest BCUT2D eigenvalue weighted by atomic mass is 32.2. The van der Waals surface area contributed by atoms with Gasteiger partial charge in [-0.1, -0.05) is 25.5 Å². The summed E-state index contributed by atoms with van der Waals surface area (Å²) < 4.78 is 25.6. The Balaban J connectivity index is 1.73. The van der Waals surface area contributed by atoms with E-state index in [0.29, 0.717) is 22.7 Å². The molecule has 1 aliphatic rings. The van der Waals surface area contributed by atoms with Crippen LogP contribution in [0.15, 0.2) is 34.2 Å². The maximum Gasteiger partial charge on any atom is 0.191 e. The molecule has 2 N–H and O–H groups in total. The zero-order chi connectivity index (χ0) is 18.1. The summed E-state index contributed by atoms with van der Waals surface area (Å²) in [6, 6.07) is 7.14. The minimum absolute atomic E-state index is 0.174. The average Bonchev–Trinajstić information content (AvgIpc) is 2.65. The van der Waals surface area contributed by atoms with Gasteiger partial charge in [0.05, 0.1) is 0 Å². The maximum absolute atomic E-state index is 13.6. The van der Waals surface area contributed by atoms with Gasteiger partial charge >= 0.3 is 0 Å². The number of rotatable bonds is 7. The molecule has 0 saturated heterocycles. The predicted molar refractivity (Wildman–Crippen MR) is 106 cm³/mol. The summed E-state index contributed by atoms with van der Waals surface area (Å²) in [6.45, 7) is 2.69. The number of hydrogen-bond donors (Lipinski definition) is 2. The molecule has 0 bridgehead atoms. The Morgan fingerprint density at radius 1 is 1.40 bits per heavy atom. The molecule has 1 aromatic rings. The van der Waals surface area contributed by atoms with E-state index < -0.39 is 10.8 Å². The molecule has 0 radical (unpaired) electrons. The standard InChI is InChI=1S/C18H28FN3OS2/c1-3-25(23)15-8-6-7-14(13-15)22-18(20-2)21-11-12-24-17-10-5-4-9-16(17)19/h4-5,9-10,14-15H,3,6-8,11-13H2,1-2H3,(H2,20,21,22). The van der Waals surface area contributed by atoms with Gasteiger partial charge in [-0.2, -0.15) is 0 Å². The second-order valence-electron chi connectivity index (χ2n) is 6.08. The third-order valence-corrected chi connectivity index (χ3v) is 7.13. The number of aliphatic imine (C=N–C) groups is 1. The van der Waals surface area contributed by atoms with Crippen LogP contribution in [0.25, 0.3) is 0 Å². The third-order valence-electron chi connectivity index (χ3n) is 4.34. The zero-order valence-corrected chi connectivity index (χ0v) is 16.6. The fourth-order valence-corrected chi connectivity index (χ4v) is 5.18. The number of nitrogens with zero attached hydrogens (tertiary/aromatic N) is 1. The van der Waals surface area contributed by atoms with E-state index in [1.165, 1.54) is 17.8 Å². The van der Waals surface area contributed by atoms with E-state index in [9.17, 15) is 8.60 Å². The largest absolute Gasteiger partial charge is 0.356 e. The van der Waals surface area contributed by atoms with Gasteiger partial charge in [0.2, 0.25) is 0 Å². The first-order valence-electron chi connectivity index (χ1n) is 8.85. The highest BCUT2D eigenvalue weighted by molar-refractivity contribution is 7.99. The lowest BCUT2D eigenvalue weighted by atomic mass is 9.95. The number of benzene rings is 1. The molecule has 1 saturated carbocycles. The molecule has 1 fully saturated rings. The predicted octanol–water partition coefficient (Wildman–Crippen LogP) is 3.16. The van der Waals surface area contributed by atoms with Crippen molar-refractivity contribution < 1.29 is 8.60 Å². The normalized spacial score (nSPS) is 22.4. The Bertz CT molecular complexity index is 597. The Labute approximate surface area is 156 Å². The molecule has 3 unspecified atom stereocenters. The molecule has 0 spiro atoms. The van der Waals surface area contributed by atoms with Crippen LogP contribution in [0, 0.1) is 5.82 Å². The minimum atomic E-state index is -0.720. The molecule has 2 rings (SSSR count). The molecule has 1 aromatic carbocycles. The summed E-state index contributed by atoms with van der Waals surface area (Å²) >= 11 is 1.49. The van der Waals surface area contributed by atoms with Gasteiger partial charge in [0, 0.05) is 52.1 Å². The van der Waals surface area contributed by atoms with Crippen LogP contribution in [0.2, 0.25) is 0 Å². The molecule has 0 amide bonds. The van der Waals surface area contributed by atoms with E-state index in [4.69, 9.17) is 0 Å². The monoisotopic (exact) mass is 385 g/mol. The molecule has 25 heavy (non-hydrogen) atoms. The molecular weight excluding hydrogens is 357 g/mol. The van der Waals surface area contributed by atoms with E-state index in [0.717, 1.165) is 43.1 Å². The van der Waals surface area contributed by atoms with Crippen molar-refractivity contribution in [3.05, 3.63) is 30.1 Å². The van der Waals surface area contributed by atoms with Crippen LogP contribution in [0.4, 0.5) is 4.39 Å². The van der Waals surface area contributed by atoms with Gasteiger partial charge in [-0.05, 0) is 31.4 Å². The molecule has 140 valence electrons. The second kappa shape index (κ2) is 10.8. The Morgan fingerprint density at radius 3 is 2.92 bits per heavy atom. The highest BCUT2D eigenvalue weighted by Crippen LogP contribution is 2.23. The molecule has 3 atom stereocenters. The molecule has 0 aliphatic heterocycles. The topological polar surface area (TPSA) is 53.5 Å². The lowest BCUT2D eigenvalue weighted by Gasteiger charge is -2.30. The third kappa shape index (κ3) is 6.62. The van der Waals surface area contributed by atoms with E-state index in [1.807, 2.05) is 13.0 Å². The maximum atomic E-state index is 13.6. The summed E-state index contributed by atoms with van der Waals surface area (Å²) in [5, 5.41) is 7.03. The van der Waals surface area contributed by atoms with Crippen molar-refractivity contribution in [2.45, 2.75) is 48.8 Å². The Hall–Kier alpha value is -1.08. The quantitative estimate of drug-likeness (QED) is 0.328.